The number of carbonyl (C=O) groups is 1. The molecule has 0 aromatic heterocycles. The number of nitrogens with one attached hydrogen (secondary N) is 2. The number of anilines is 1. The maximum Gasteiger partial charge on any atom is 0.251 e. The molecule has 1 aliphatic heterocycles. The second kappa shape index (κ2) is 6.75. The van der Waals surface area contributed by atoms with Gasteiger partial charge in [-0.2, -0.15) is 0 Å². The Morgan fingerprint density at radius 2 is 2.05 bits per heavy atom. The van der Waals surface area contributed by atoms with Crippen LogP contribution in [0.3, 0.4) is 0 Å². The van der Waals surface area contributed by atoms with Crippen LogP contribution in [0, 0.1) is 12.8 Å². The van der Waals surface area contributed by atoms with Crippen molar-refractivity contribution in [3.8, 4) is 0 Å². The lowest BCUT2D eigenvalue weighted by molar-refractivity contribution is 0.0963. The largest absolute Gasteiger partial charge is 0.385 e. The lowest BCUT2D eigenvalue weighted by atomic mass is 9.97. The third-order valence-electron chi connectivity index (χ3n) is 4.15. The summed E-state index contributed by atoms with van der Waals surface area (Å²) in [5.74, 6) is 0.696. The molecular weight excluding hydrogens is 250 g/mol. The molecule has 110 valence electrons. The normalized spacial score (nSPS) is 16.9. The SMILES string of the molecule is CNC(=O)c1ccc(C)c(NCC2CCN(C)CC2)c1. The second-order valence-corrected chi connectivity index (χ2v) is 5.74. The molecule has 0 unspecified atom stereocenters. The fourth-order valence-corrected chi connectivity index (χ4v) is 2.62. The zero-order valence-electron chi connectivity index (χ0n) is 12.7. The Morgan fingerprint density at radius 1 is 1.35 bits per heavy atom. The van der Waals surface area contributed by atoms with Crippen LogP contribution in [0.2, 0.25) is 0 Å². The van der Waals surface area contributed by atoms with E-state index in [1.165, 1.54) is 31.5 Å². The Balaban J connectivity index is 1.96. The number of hydrogen-bond acceptors (Lipinski definition) is 3. The number of nitrogens with zero attached hydrogens (tertiary/aromatic N) is 1. The number of hydrogen-bond donors (Lipinski definition) is 2. The molecule has 1 amide bonds. The Labute approximate surface area is 121 Å². The molecule has 0 saturated carbocycles. The summed E-state index contributed by atoms with van der Waals surface area (Å²) in [4.78, 5) is 14.1. The summed E-state index contributed by atoms with van der Waals surface area (Å²) in [5.41, 5.74) is 2.97. The van der Waals surface area contributed by atoms with E-state index in [1.807, 2.05) is 18.2 Å². The van der Waals surface area contributed by atoms with Crippen molar-refractivity contribution in [3.05, 3.63) is 29.3 Å². The number of amides is 1. The molecular formula is C16H25N3O. The van der Waals surface area contributed by atoms with Gasteiger partial charge in [-0.25, -0.2) is 0 Å². The zero-order chi connectivity index (χ0) is 14.5. The second-order valence-electron chi connectivity index (χ2n) is 5.74. The van der Waals surface area contributed by atoms with Crippen molar-refractivity contribution in [2.45, 2.75) is 19.8 Å². The summed E-state index contributed by atoms with van der Waals surface area (Å²) < 4.78 is 0. The van der Waals surface area contributed by atoms with Crippen molar-refractivity contribution in [3.63, 3.8) is 0 Å². The minimum absolute atomic E-state index is 0.0349. The summed E-state index contributed by atoms with van der Waals surface area (Å²) in [6, 6.07) is 5.82. The van der Waals surface area contributed by atoms with Gasteiger partial charge in [-0.05, 0) is 63.5 Å². The molecule has 1 fully saturated rings. The molecule has 2 rings (SSSR count). The average molecular weight is 275 g/mol. The van der Waals surface area contributed by atoms with Crippen LogP contribution >= 0.6 is 0 Å². The first kappa shape index (κ1) is 14.9. The first-order valence-corrected chi connectivity index (χ1v) is 7.35. The van der Waals surface area contributed by atoms with E-state index in [0.29, 0.717) is 5.56 Å². The monoisotopic (exact) mass is 275 g/mol. The first-order valence-electron chi connectivity index (χ1n) is 7.35. The number of carbonyl (C=O) groups excluding carboxylic acids is 1. The summed E-state index contributed by atoms with van der Waals surface area (Å²) >= 11 is 0. The molecule has 0 atom stereocenters. The molecule has 4 heteroatoms. The van der Waals surface area contributed by atoms with E-state index >= 15 is 0 Å². The van der Waals surface area contributed by atoms with Crippen LogP contribution in [0.25, 0.3) is 0 Å². The summed E-state index contributed by atoms with van der Waals surface area (Å²) in [7, 11) is 3.84. The molecule has 2 N–H and O–H groups in total. The van der Waals surface area contributed by atoms with Gasteiger partial charge in [0.1, 0.15) is 0 Å². The van der Waals surface area contributed by atoms with Crippen LogP contribution in [0.4, 0.5) is 5.69 Å². The molecule has 0 spiro atoms. The van der Waals surface area contributed by atoms with Crippen LogP contribution in [-0.2, 0) is 0 Å². The predicted octanol–water partition coefficient (Wildman–Crippen LogP) is 2.11. The Bertz CT molecular complexity index is 465. The standard InChI is InChI=1S/C16H25N3O/c1-12-4-5-14(16(20)17-2)10-15(12)18-11-13-6-8-19(3)9-7-13/h4-5,10,13,18H,6-9,11H2,1-3H3,(H,17,20). The third kappa shape index (κ3) is 3.73. The highest BCUT2D eigenvalue weighted by Crippen LogP contribution is 2.20. The molecule has 20 heavy (non-hydrogen) atoms. The minimum atomic E-state index is -0.0349. The van der Waals surface area contributed by atoms with E-state index in [-0.39, 0.29) is 5.91 Å². The van der Waals surface area contributed by atoms with Gasteiger partial charge in [0.2, 0.25) is 0 Å². The Hall–Kier alpha value is -1.55. The molecule has 0 aliphatic carbocycles. The molecule has 0 radical (unpaired) electrons. The Morgan fingerprint density at radius 3 is 2.70 bits per heavy atom. The molecule has 1 saturated heterocycles. The fraction of sp³-hybridized carbons (Fsp3) is 0.562. The lowest BCUT2D eigenvalue weighted by Crippen LogP contribution is -2.33. The topological polar surface area (TPSA) is 44.4 Å². The molecule has 1 aromatic carbocycles. The van der Waals surface area contributed by atoms with Gasteiger partial charge in [0.05, 0.1) is 0 Å². The van der Waals surface area contributed by atoms with E-state index in [4.69, 9.17) is 0 Å². The predicted molar refractivity (Wildman–Crippen MR) is 83.3 cm³/mol. The van der Waals surface area contributed by atoms with Gasteiger partial charge < -0.3 is 15.5 Å². The van der Waals surface area contributed by atoms with Crippen LogP contribution in [0.15, 0.2) is 18.2 Å². The van der Waals surface area contributed by atoms with E-state index in [1.54, 1.807) is 7.05 Å². The van der Waals surface area contributed by atoms with E-state index in [2.05, 4.69) is 29.5 Å². The first-order chi connectivity index (χ1) is 9.60. The zero-order valence-corrected chi connectivity index (χ0v) is 12.7. The number of aryl methyl sites for hydroxylation is 1. The van der Waals surface area contributed by atoms with Crippen molar-refractivity contribution in [2.24, 2.45) is 5.92 Å². The van der Waals surface area contributed by atoms with Crippen molar-refractivity contribution in [2.75, 3.05) is 39.0 Å². The van der Waals surface area contributed by atoms with Crippen LogP contribution in [0.5, 0.6) is 0 Å². The smallest absolute Gasteiger partial charge is 0.251 e. The van der Waals surface area contributed by atoms with E-state index in [0.717, 1.165) is 18.2 Å². The van der Waals surface area contributed by atoms with Crippen molar-refractivity contribution in [1.82, 2.24) is 10.2 Å². The summed E-state index contributed by atoms with van der Waals surface area (Å²) in [6.45, 7) is 5.43. The van der Waals surface area contributed by atoms with Gasteiger partial charge in [0.15, 0.2) is 0 Å². The maximum atomic E-state index is 11.7. The van der Waals surface area contributed by atoms with Crippen molar-refractivity contribution >= 4 is 11.6 Å². The quantitative estimate of drug-likeness (QED) is 0.884. The van der Waals surface area contributed by atoms with Gasteiger partial charge in [-0.15, -0.1) is 0 Å². The van der Waals surface area contributed by atoms with Gasteiger partial charge >= 0.3 is 0 Å². The van der Waals surface area contributed by atoms with Crippen molar-refractivity contribution < 1.29 is 4.79 Å². The Kier molecular flexibility index (Phi) is 5.01. The third-order valence-corrected chi connectivity index (χ3v) is 4.15. The highest BCUT2D eigenvalue weighted by Gasteiger charge is 2.16. The average Bonchev–Trinajstić information content (AvgIpc) is 2.47. The lowest BCUT2D eigenvalue weighted by Gasteiger charge is -2.29. The fourth-order valence-electron chi connectivity index (χ4n) is 2.62. The van der Waals surface area contributed by atoms with Crippen LogP contribution in [0.1, 0.15) is 28.8 Å². The van der Waals surface area contributed by atoms with Crippen LogP contribution < -0.4 is 10.6 Å². The van der Waals surface area contributed by atoms with Gasteiger partial charge in [0, 0.05) is 24.8 Å². The van der Waals surface area contributed by atoms with Gasteiger partial charge in [-0.3, -0.25) is 4.79 Å². The molecule has 1 aromatic rings. The number of benzene rings is 1. The molecule has 1 aliphatic rings. The summed E-state index contributed by atoms with van der Waals surface area (Å²) in [5, 5.41) is 6.18. The molecule has 1 heterocycles. The van der Waals surface area contributed by atoms with Crippen LogP contribution in [-0.4, -0.2) is 44.5 Å². The highest BCUT2D eigenvalue weighted by molar-refractivity contribution is 5.95. The highest BCUT2D eigenvalue weighted by atomic mass is 16.1. The maximum absolute atomic E-state index is 11.7. The number of rotatable bonds is 4. The number of piperidine rings is 1. The van der Waals surface area contributed by atoms with Gasteiger partial charge in [-0.1, -0.05) is 6.07 Å². The molecule has 4 nitrogen and oxygen atoms in total. The minimum Gasteiger partial charge on any atom is -0.385 e. The van der Waals surface area contributed by atoms with Gasteiger partial charge in [0.25, 0.3) is 5.91 Å². The van der Waals surface area contributed by atoms with Crippen molar-refractivity contribution in [1.29, 1.82) is 0 Å². The number of likely N-dealkylation sites (tertiary alicyclic amines) is 1. The summed E-state index contributed by atoms with van der Waals surface area (Å²) in [6.07, 6.45) is 2.50. The molecule has 0 bridgehead atoms. The van der Waals surface area contributed by atoms with E-state index < -0.39 is 0 Å². The van der Waals surface area contributed by atoms with E-state index in [9.17, 15) is 4.79 Å².